The molecule has 4 aromatic rings. The Labute approximate surface area is 153 Å². The molecule has 1 N–H and O–H groups in total. The van der Waals surface area contributed by atoms with E-state index in [1.807, 2.05) is 45.1 Å². The molecule has 0 spiro atoms. The van der Waals surface area contributed by atoms with Crippen LogP contribution in [-0.2, 0) is 0 Å². The summed E-state index contributed by atoms with van der Waals surface area (Å²) in [6.07, 6.45) is 1.73. The molecule has 0 bridgehead atoms. The fraction of sp³-hybridized carbons (Fsp3) is 0.167. The number of hydrogen-bond donors (Lipinski definition) is 1. The zero-order valence-electron chi connectivity index (χ0n) is 13.8. The van der Waals surface area contributed by atoms with Crippen LogP contribution >= 0.6 is 22.7 Å². The molecule has 0 unspecified atom stereocenters. The van der Waals surface area contributed by atoms with Crippen molar-refractivity contribution >= 4 is 45.3 Å². The fourth-order valence-corrected chi connectivity index (χ4v) is 3.94. The number of carbonyl (C=O) groups is 1. The topological polar surface area (TPSA) is 59.8 Å². The summed E-state index contributed by atoms with van der Waals surface area (Å²) in [5.74, 6) is -0.146. The second-order valence-electron chi connectivity index (χ2n) is 5.92. The number of amides is 1. The van der Waals surface area contributed by atoms with Gasteiger partial charge in [-0.1, -0.05) is 6.07 Å². The highest BCUT2D eigenvalue weighted by Gasteiger charge is 2.19. The van der Waals surface area contributed by atoms with Crippen molar-refractivity contribution in [3.63, 3.8) is 0 Å². The van der Waals surface area contributed by atoms with E-state index in [-0.39, 0.29) is 11.9 Å². The standard InChI is InChI=1S/C18H16N4OS2/c1-11(2)22-17-14(9-19-22)13(18(23)20-12-5-7-24-10-12)8-15(21-17)16-4-3-6-25-16/h3-11H,1-2H3,(H,20,23). The third-order valence-electron chi connectivity index (χ3n) is 3.85. The third kappa shape index (κ3) is 2.96. The molecule has 0 aliphatic carbocycles. The summed E-state index contributed by atoms with van der Waals surface area (Å²) in [4.78, 5) is 18.7. The lowest BCUT2D eigenvalue weighted by Crippen LogP contribution is -2.13. The molecule has 4 rings (SSSR count). The summed E-state index contributed by atoms with van der Waals surface area (Å²) >= 11 is 3.15. The highest BCUT2D eigenvalue weighted by Crippen LogP contribution is 2.29. The molecule has 5 nitrogen and oxygen atoms in total. The molecule has 0 fully saturated rings. The van der Waals surface area contributed by atoms with E-state index in [2.05, 4.69) is 24.3 Å². The number of carbonyl (C=O) groups excluding carboxylic acids is 1. The van der Waals surface area contributed by atoms with Gasteiger partial charge in [0.1, 0.15) is 0 Å². The van der Waals surface area contributed by atoms with Gasteiger partial charge in [0, 0.05) is 11.4 Å². The van der Waals surface area contributed by atoms with Crippen LogP contribution in [0, 0.1) is 0 Å². The molecule has 0 saturated heterocycles. The molecule has 0 radical (unpaired) electrons. The molecule has 0 aliphatic rings. The van der Waals surface area contributed by atoms with E-state index in [1.54, 1.807) is 28.9 Å². The van der Waals surface area contributed by atoms with Crippen LogP contribution in [0.3, 0.4) is 0 Å². The summed E-state index contributed by atoms with van der Waals surface area (Å²) in [6, 6.07) is 7.89. The Morgan fingerprint density at radius 1 is 1.28 bits per heavy atom. The second kappa shape index (κ2) is 6.42. The molecule has 4 aromatic heterocycles. The number of nitrogens with one attached hydrogen (secondary N) is 1. The molecule has 0 aromatic carbocycles. The summed E-state index contributed by atoms with van der Waals surface area (Å²) in [7, 11) is 0. The van der Waals surface area contributed by atoms with Crippen molar-refractivity contribution in [3.05, 3.63) is 52.2 Å². The van der Waals surface area contributed by atoms with Gasteiger partial charge in [0.05, 0.1) is 33.4 Å². The summed E-state index contributed by atoms with van der Waals surface area (Å²) < 4.78 is 1.85. The Hall–Kier alpha value is -2.51. The summed E-state index contributed by atoms with van der Waals surface area (Å²) in [5.41, 5.74) is 2.91. The van der Waals surface area contributed by atoms with Crippen molar-refractivity contribution in [2.24, 2.45) is 0 Å². The predicted octanol–water partition coefficient (Wildman–Crippen LogP) is 5.05. The molecule has 25 heavy (non-hydrogen) atoms. The molecule has 0 atom stereocenters. The predicted molar refractivity (Wildman–Crippen MR) is 103 cm³/mol. The van der Waals surface area contributed by atoms with Crippen LogP contribution in [0.4, 0.5) is 5.69 Å². The first kappa shape index (κ1) is 16.0. The first-order chi connectivity index (χ1) is 12.1. The zero-order chi connectivity index (χ0) is 17.4. The monoisotopic (exact) mass is 368 g/mol. The Morgan fingerprint density at radius 2 is 2.16 bits per heavy atom. The van der Waals surface area contributed by atoms with Gasteiger partial charge in [-0.2, -0.15) is 16.4 Å². The van der Waals surface area contributed by atoms with Crippen molar-refractivity contribution < 1.29 is 4.79 Å². The molecule has 1 amide bonds. The highest BCUT2D eigenvalue weighted by molar-refractivity contribution is 7.13. The first-order valence-corrected chi connectivity index (χ1v) is 9.71. The Morgan fingerprint density at radius 3 is 2.84 bits per heavy atom. The average Bonchev–Trinajstić information content (AvgIpc) is 3.34. The lowest BCUT2D eigenvalue weighted by molar-refractivity contribution is 0.102. The molecule has 7 heteroatoms. The minimum Gasteiger partial charge on any atom is -0.321 e. The molecular formula is C18H16N4OS2. The van der Waals surface area contributed by atoms with E-state index in [4.69, 9.17) is 4.98 Å². The van der Waals surface area contributed by atoms with Crippen molar-refractivity contribution in [2.45, 2.75) is 19.9 Å². The van der Waals surface area contributed by atoms with Crippen LogP contribution in [0.2, 0.25) is 0 Å². The van der Waals surface area contributed by atoms with Gasteiger partial charge >= 0.3 is 0 Å². The molecule has 0 aliphatic heterocycles. The van der Waals surface area contributed by atoms with Crippen LogP contribution in [0.5, 0.6) is 0 Å². The minimum atomic E-state index is -0.146. The summed E-state index contributed by atoms with van der Waals surface area (Å²) in [5, 5.41) is 14.0. The van der Waals surface area contributed by atoms with E-state index in [9.17, 15) is 4.79 Å². The van der Waals surface area contributed by atoms with Gasteiger partial charge in [-0.15, -0.1) is 11.3 Å². The maximum Gasteiger partial charge on any atom is 0.256 e. The van der Waals surface area contributed by atoms with Crippen molar-refractivity contribution in [1.82, 2.24) is 14.8 Å². The maximum absolute atomic E-state index is 12.9. The van der Waals surface area contributed by atoms with Crippen molar-refractivity contribution in [3.8, 4) is 10.6 Å². The van der Waals surface area contributed by atoms with Crippen LogP contribution in [0.25, 0.3) is 21.6 Å². The second-order valence-corrected chi connectivity index (χ2v) is 7.65. The van der Waals surface area contributed by atoms with Gasteiger partial charge in [-0.25, -0.2) is 9.67 Å². The largest absolute Gasteiger partial charge is 0.321 e. The van der Waals surface area contributed by atoms with Crippen LogP contribution in [-0.4, -0.2) is 20.7 Å². The van der Waals surface area contributed by atoms with Gasteiger partial charge in [-0.3, -0.25) is 4.79 Å². The average molecular weight is 368 g/mol. The number of anilines is 1. The molecule has 0 saturated carbocycles. The SMILES string of the molecule is CC(C)n1ncc2c(C(=O)Nc3ccsc3)cc(-c3cccs3)nc21. The maximum atomic E-state index is 12.9. The molecule has 4 heterocycles. The van der Waals surface area contributed by atoms with Crippen molar-refractivity contribution in [1.29, 1.82) is 0 Å². The van der Waals surface area contributed by atoms with E-state index in [0.29, 0.717) is 5.56 Å². The van der Waals surface area contributed by atoms with Crippen LogP contribution in [0.1, 0.15) is 30.2 Å². The zero-order valence-corrected chi connectivity index (χ0v) is 15.4. The van der Waals surface area contributed by atoms with Gasteiger partial charge in [0.15, 0.2) is 5.65 Å². The van der Waals surface area contributed by atoms with Crippen LogP contribution < -0.4 is 5.32 Å². The highest BCUT2D eigenvalue weighted by atomic mass is 32.1. The lowest BCUT2D eigenvalue weighted by atomic mass is 10.1. The summed E-state index contributed by atoms with van der Waals surface area (Å²) in [6.45, 7) is 4.11. The van der Waals surface area contributed by atoms with Gasteiger partial charge in [0.25, 0.3) is 5.91 Å². The van der Waals surface area contributed by atoms with Gasteiger partial charge in [-0.05, 0) is 42.8 Å². The number of rotatable bonds is 4. The minimum absolute atomic E-state index is 0.146. The normalized spacial score (nSPS) is 11.3. The van der Waals surface area contributed by atoms with E-state index < -0.39 is 0 Å². The van der Waals surface area contributed by atoms with Gasteiger partial charge < -0.3 is 5.32 Å². The molecular weight excluding hydrogens is 352 g/mol. The number of aromatic nitrogens is 3. The Kier molecular flexibility index (Phi) is 4.10. The molecule has 126 valence electrons. The van der Waals surface area contributed by atoms with E-state index in [0.717, 1.165) is 27.3 Å². The number of fused-ring (bicyclic) bond motifs is 1. The Balaban J connectivity index is 1.88. The smallest absolute Gasteiger partial charge is 0.256 e. The number of thiophene rings is 2. The van der Waals surface area contributed by atoms with Crippen molar-refractivity contribution in [2.75, 3.05) is 5.32 Å². The first-order valence-electron chi connectivity index (χ1n) is 7.89. The number of nitrogens with zero attached hydrogens (tertiary/aromatic N) is 3. The lowest BCUT2D eigenvalue weighted by Gasteiger charge is -2.10. The third-order valence-corrected chi connectivity index (χ3v) is 5.43. The van der Waals surface area contributed by atoms with Gasteiger partial charge in [0.2, 0.25) is 0 Å². The van der Waals surface area contributed by atoms with Crippen LogP contribution in [0.15, 0.2) is 46.6 Å². The fourth-order valence-electron chi connectivity index (χ4n) is 2.67. The number of pyridine rings is 1. The van der Waals surface area contributed by atoms with E-state index >= 15 is 0 Å². The quantitative estimate of drug-likeness (QED) is 0.548. The Bertz CT molecular complexity index is 1020. The number of hydrogen-bond acceptors (Lipinski definition) is 5. The van der Waals surface area contributed by atoms with E-state index in [1.165, 1.54) is 0 Å².